The number of amides is 2. The van der Waals surface area contributed by atoms with Crippen LogP contribution >= 0.6 is 27.5 Å². The molecular formula is C23H14BrClN2O4. The van der Waals surface area contributed by atoms with E-state index >= 15 is 0 Å². The third-order valence-corrected chi connectivity index (χ3v) is 5.33. The number of para-hydroxylation sites is 1. The lowest BCUT2D eigenvalue weighted by atomic mass is 10.1. The number of nitrogens with one attached hydrogen (secondary N) is 1. The number of halogens is 2. The Hall–Kier alpha value is -3.42. The standard InChI is InChI=1S/C23H14BrClN2O4/c24-19-13-14(6-11-20(19)31-23(30)15-7-9-16(25)10-8-15)12-18-21(28)26-27(22(18)29)17-4-2-1-3-5-17/h1-13H,(H,26,28). The van der Waals surface area contributed by atoms with Crippen molar-refractivity contribution in [2.75, 3.05) is 5.01 Å². The van der Waals surface area contributed by atoms with E-state index in [1.807, 2.05) is 6.07 Å². The average Bonchev–Trinajstić information content (AvgIpc) is 3.05. The molecule has 0 saturated carbocycles. The molecule has 6 nitrogen and oxygen atoms in total. The quantitative estimate of drug-likeness (QED) is 0.244. The summed E-state index contributed by atoms with van der Waals surface area (Å²) in [6, 6.07) is 20.0. The monoisotopic (exact) mass is 496 g/mol. The molecule has 1 saturated heterocycles. The first-order valence-electron chi connectivity index (χ1n) is 9.12. The van der Waals surface area contributed by atoms with E-state index in [9.17, 15) is 14.4 Å². The maximum atomic E-state index is 12.7. The number of nitrogens with zero attached hydrogens (tertiary/aromatic N) is 1. The first kappa shape index (κ1) is 20.8. The van der Waals surface area contributed by atoms with Gasteiger partial charge in [0.25, 0.3) is 11.8 Å². The second-order valence-electron chi connectivity index (χ2n) is 6.56. The Labute approximate surface area is 191 Å². The van der Waals surface area contributed by atoms with Gasteiger partial charge in [-0.25, -0.2) is 9.80 Å². The van der Waals surface area contributed by atoms with E-state index < -0.39 is 17.8 Å². The van der Waals surface area contributed by atoms with Crippen molar-refractivity contribution in [3.8, 4) is 5.75 Å². The summed E-state index contributed by atoms with van der Waals surface area (Å²) in [6.07, 6.45) is 1.48. The van der Waals surface area contributed by atoms with Crippen LogP contribution in [0.4, 0.5) is 5.69 Å². The summed E-state index contributed by atoms with van der Waals surface area (Å²) in [4.78, 5) is 37.3. The fourth-order valence-electron chi connectivity index (χ4n) is 2.92. The van der Waals surface area contributed by atoms with Crippen LogP contribution < -0.4 is 15.2 Å². The van der Waals surface area contributed by atoms with Gasteiger partial charge in [-0.15, -0.1) is 0 Å². The number of carbonyl (C=O) groups excluding carboxylic acids is 3. The molecule has 0 unspecified atom stereocenters. The first-order valence-corrected chi connectivity index (χ1v) is 10.3. The van der Waals surface area contributed by atoms with Crippen molar-refractivity contribution in [3.63, 3.8) is 0 Å². The molecule has 31 heavy (non-hydrogen) atoms. The van der Waals surface area contributed by atoms with Crippen molar-refractivity contribution in [1.82, 2.24) is 5.43 Å². The topological polar surface area (TPSA) is 75.7 Å². The van der Waals surface area contributed by atoms with Crippen molar-refractivity contribution in [2.24, 2.45) is 0 Å². The molecule has 1 aliphatic heterocycles. The molecule has 1 aliphatic rings. The minimum atomic E-state index is -0.535. The van der Waals surface area contributed by atoms with Gasteiger partial charge in [0.15, 0.2) is 0 Å². The molecule has 0 aliphatic carbocycles. The van der Waals surface area contributed by atoms with Crippen molar-refractivity contribution in [3.05, 3.63) is 99.0 Å². The van der Waals surface area contributed by atoms with Crippen LogP contribution in [-0.2, 0) is 9.59 Å². The number of hydrogen-bond donors (Lipinski definition) is 1. The van der Waals surface area contributed by atoms with Gasteiger partial charge in [-0.05, 0) is 76.1 Å². The minimum absolute atomic E-state index is 0.00154. The molecule has 1 N–H and O–H groups in total. The molecule has 3 aromatic carbocycles. The van der Waals surface area contributed by atoms with Crippen LogP contribution in [0.2, 0.25) is 5.02 Å². The number of rotatable bonds is 4. The summed E-state index contributed by atoms with van der Waals surface area (Å²) in [5.41, 5.74) is 4.06. The van der Waals surface area contributed by atoms with Crippen molar-refractivity contribution >= 4 is 57.1 Å². The van der Waals surface area contributed by atoms with Gasteiger partial charge in [-0.2, -0.15) is 0 Å². The number of ether oxygens (including phenoxy) is 1. The molecule has 1 fully saturated rings. The average molecular weight is 498 g/mol. The molecule has 8 heteroatoms. The van der Waals surface area contributed by atoms with Crippen molar-refractivity contribution in [2.45, 2.75) is 0 Å². The fraction of sp³-hybridized carbons (Fsp3) is 0. The lowest BCUT2D eigenvalue weighted by Crippen LogP contribution is -2.35. The summed E-state index contributed by atoms with van der Waals surface area (Å²) in [5.74, 6) is -1.18. The highest BCUT2D eigenvalue weighted by atomic mass is 79.9. The van der Waals surface area contributed by atoms with Crippen LogP contribution in [-0.4, -0.2) is 17.8 Å². The van der Waals surface area contributed by atoms with Crippen LogP contribution in [0.15, 0.2) is 82.8 Å². The Morgan fingerprint density at radius 1 is 1.00 bits per heavy atom. The smallest absolute Gasteiger partial charge is 0.343 e. The van der Waals surface area contributed by atoms with E-state index in [4.69, 9.17) is 16.3 Å². The van der Waals surface area contributed by atoms with Crippen molar-refractivity contribution in [1.29, 1.82) is 0 Å². The van der Waals surface area contributed by atoms with Gasteiger partial charge in [0, 0.05) is 5.02 Å². The second-order valence-corrected chi connectivity index (χ2v) is 7.85. The van der Waals surface area contributed by atoms with E-state index in [2.05, 4.69) is 21.4 Å². The lowest BCUT2D eigenvalue weighted by molar-refractivity contribution is -0.117. The summed E-state index contributed by atoms with van der Waals surface area (Å²) < 4.78 is 5.90. The highest BCUT2D eigenvalue weighted by molar-refractivity contribution is 9.10. The highest BCUT2D eigenvalue weighted by Gasteiger charge is 2.34. The molecule has 0 aromatic heterocycles. The predicted molar refractivity (Wildman–Crippen MR) is 121 cm³/mol. The predicted octanol–water partition coefficient (Wildman–Crippen LogP) is 4.78. The Bertz CT molecular complexity index is 1210. The molecule has 0 spiro atoms. The van der Waals surface area contributed by atoms with Gasteiger partial charge in [0.05, 0.1) is 15.7 Å². The number of hydrogen-bond acceptors (Lipinski definition) is 4. The van der Waals surface area contributed by atoms with Gasteiger partial charge < -0.3 is 4.74 Å². The van der Waals surface area contributed by atoms with E-state index in [0.717, 1.165) is 0 Å². The molecule has 0 radical (unpaired) electrons. The molecule has 2 amide bonds. The summed E-state index contributed by atoms with van der Waals surface area (Å²) in [5, 5.41) is 1.72. The third kappa shape index (κ3) is 4.52. The van der Waals surface area contributed by atoms with Crippen LogP contribution in [0, 0.1) is 0 Å². The minimum Gasteiger partial charge on any atom is -0.422 e. The summed E-state index contributed by atoms with van der Waals surface area (Å²) in [6.45, 7) is 0. The number of anilines is 1. The number of hydrazine groups is 1. The number of esters is 1. The molecule has 0 atom stereocenters. The molecular weight excluding hydrogens is 484 g/mol. The summed E-state index contributed by atoms with van der Waals surface area (Å²) in [7, 11) is 0. The lowest BCUT2D eigenvalue weighted by Gasteiger charge is -2.13. The van der Waals surface area contributed by atoms with Gasteiger partial charge in [0.2, 0.25) is 0 Å². The van der Waals surface area contributed by atoms with E-state index in [0.29, 0.717) is 32.1 Å². The number of carbonyl (C=O) groups is 3. The van der Waals surface area contributed by atoms with Crippen LogP contribution in [0.25, 0.3) is 6.08 Å². The van der Waals surface area contributed by atoms with Gasteiger partial charge in [-0.1, -0.05) is 35.9 Å². The zero-order valence-electron chi connectivity index (χ0n) is 15.8. The van der Waals surface area contributed by atoms with Crippen LogP contribution in [0.1, 0.15) is 15.9 Å². The normalized spacial score (nSPS) is 14.6. The van der Waals surface area contributed by atoms with E-state index in [1.165, 1.54) is 11.1 Å². The fourth-order valence-corrected chi connectivity index (χ4v) is 3.52. The Morgan fingerprint density at radius 3 is 2.39 bits per heavy atom. The largest absolute Gasteiger partial charge is 0.422 e. The highest BCUT2D eigenvalue weighted by Crippen LogP contribution is 2.29. The maximum absolute atomic E-state index is 12.7. The summed E-state index contributed by atoms with van der Waals surface area (Å²) >= 11 is 9.20. The van der Waals surface area contributed by atoms with E-state index in [-0.39, 0.29) is 5.57 Å². The Kier molecular flexibility index (Phi) is 5.88. The Morgan fingerprint density at radius 2 is 1.71 bits per heavy atom. The molecule has 0 bridgehead atoms. The van der Waals surface area contributed by atoms with Crippen LogP contribution in [0.3, 0.4) is 0 Å². The van der Waals surface area contributed by atoms with E-state index in [1.54, 1.807) is 66.7 Å². The molecule has 1 heterocycles. The maximum Gasteiger partial charge on any atom is 0.343 e. The third-order valence-electron chi connectivity index (χ3n) is 4.46. The molecule has 4 rings (SSSR count). The second kappa shape index (κ2) is 8.75. The Balaban J connectivity index is 1.53. The van der Waals surface area contributed by atoms with Crippen molar-refractivity contribution < 1.29 is 19.1 Å². The van der Waals surface area contributed by atoms with Gasteiger partial charge in [0.1, 0.15) is 11.3 Å². The van der Waals surface area contributed by atoms with Crippen LogP contribution in [0.5, 0.6) is 5.75 Å². The van der Waals surface area contributed by atoms with Gasteiger partial charge in [-0.3, -0.25) is 15.0 Å². The zero-order valence-corrected chi connectivity index (χ0v) is 18.2. The molecule has 154 valence electrons. The first-order chi connectivity index (χ1) is 14.9. The SMILES string of the molecule is O=C1NN(c2ccccc2)C(=O)C1=Cc1ccc(OC(=O)c2ccc(Cl)cc2)c(Br)c1. The molecule has 3 aromatic rings. The number of benzene rings is 3. The van der Waals surface area contributed by atoms with Gasteiger partial charge >= 0.3 is 5.97 Å². The zero-order chi connectivity index (χ0) is 22.0.